The van der Waals surface area contributed by atoms with Gasteiger partial charge in [-0.15, -0.1) is 0 Å². The molecule has 4 heteroatoms. The highest BCUT2D eigenvalue weighted by Gasteiger charge is 2.24. The number of hydrogen-bond acceptors (Lipinski definition) is 4. The van der Waals surface area contributed by atoms with Gasteiger partial charge in [0, 0.05) is 5.56 Å². The van der Waals surface area contributed by atoms with E-state index in [1.54, 1.807) is 6.08 Å². The van der Waals surface area contributed by atoms with E-state index in [2.05, 4.69) is 11.9 Å². The van der Waals surface area contributed by atoms with Crippen molar-refractivity contribution in [2.75, 3.05) is 6.61 Å². The Morgan fingerprint density at radius 1 is 1.00 bits per heavy atom. The Morgan fingerprint density at radius 2 is 1.86 bits per heavy atom. The van der Waals surface area contributed by atoms with Gasteiger partial charge in [0.1, 0.15) is 5.75 Å². The van der Waals surface area contributed by atoms with Crippen molar-refractivity contribution in [3.05, 3.63) is 83.6 Å². The summed E-state index contributed by atoms with van der Waals surface area (Å²) in [5, 5.41) is 2.21. The van der Waals surface area contributed by atoms with Crippen LogP contribution in [0.4, 0.5) is 0 Å². The molecule has 0 unspecified atom stereocenters. The maximum absolute atomic E-state index is 12.3. The normalized spacial score (nSPS) is 15.0. The summed E-state index contributed by atoms with van der Waals surface area (Å²) in [5.74, 6) is 0.672. The van der Waals surface area contributed by atoms with E-state index < -0.39 is 5.97 Å². The molecule has 0 radical (unpaired) electrons. The summed E-state index contributed by atoms with van der Waals surface area (Å²) < 4.78 is 11.1. The van der Waals surface area contributed by atoms with Gasteiger partial charge in [0.15, 0.2) is 5.70 Å². The topological polar surface area (TPSA) is 47.9 Å². The lowest BCUT2D eigenvalue weighted by molar-refractivity contribution is -0.129. The highest BCUT2D eigenvalue weighted by atomic mass is 16.6. The zero-order chi connectivity index (χ0) is 19.3. The van der Waals surface area contributed by atoms with E-state index in [1.165, 1.54) is 0 Å². The minimum atomic E-state index is -0.444. The third-order valence-electron chi connectivity index (χ3n) is 4.55. The molecule has 1 aliphatic rings. The average molecular weight is 371 g/mol. The van der Waals surface area contributed by atoms with Crippen molar-refractivity contribution in [2.24, 2.45) is 4.99 Å². The van der Waals surface area contributed by atoms with Gasteiger partial charge in [0.2, 0.25) is 5.90 Å². The molecule has 140 valence electrons. The van der Waals surface area contributed by atoms with E-state index >= 15 is 0 Å². The molecular weight excluding hydrogens is 350 g/mol. The third kappa shape index (κ3) is 3.96. The second-order valence-electron chi connectivity index (χ2n) is 6.67. The quantitative estimate of drug-likeness (QED) is 0.333. The molecule has 0 saturated heterocycles. The number of esters is 1. The summed E-state index contributed by atoms with van der Waals surface area (Å²) in [6.45, 7) is 2.81. The maximum Gasteiger partial charge on any atom is 0.363 e. The van der Waals surface area contributed by atoms with Crippen LogP contribution in [0.2, 0.25) is 0 Å². The fourth-order valence-electron chi connectivity index (χ4n) is 3.04. The molecule has 0 bridgehead atoms. The Bertz CT molecular complexity index is 1080. The lowest BCUT2D eigenvalue weighted by atomic mass is 10.1. The van der Waals surface area contributed by atoms with Gasteiger partial charge < -0.3 is 9.47 Å². The number of ether oxygens (including phenoxy) is 2. The second-order valence-corrected chi connectivity index (χ2v) is 6.67. The molecule has 0 atom stereocenters. The molecule has 28 heavy (non-hydrogen) atoms. The molecule has 1 aliphatic heterocycles. The summed E-state index contributed by atoms with van der Waals surface area (Å²) in [4.78, 5) is 16.7. The zero-order valence-electron chi connectivity index (χ0n) is 15.7. The summed E-state index contributed by atoms with van der Waals surface area (Å²) in [6, 6.07) is 21.6. The van der Waals surface area contributed by atoms with Crippen LogP contribution in [0.15, 0.2) is 77.4 Å². The van der Waals surface area contributed by atoms with Crippen LogP contribution in [0.1, 0.15) is 30.9 Å². The van der Waals surface area contributed by atoms with Crippen LogP contribution in [-0.2, 0) is 9.53 Å². The van der Waals surface area contributed by atoms with Crippen LogP contribution in [0, 0.1) is 0 Å². The molecule has 0 N–H and O–H groups in total. The fourth-order valence-corrected chi connectivity index (χ4v) is 3.04. The minimum Gasteiger partial charge on any atom is -0.494 e. The van der Waals surface area contributed by atoms with Gasteiger partial charge in [-0.25, -0.2) is 9.79 Å². The number of aliphatic imine (C=N–C) groups is 1. The van der Waals surface area contributed by atoms with Gasteiger partial charge in [-0.2, -0.15) is 0 Å². The van der Waals surface area contributed by atoms with Crippen molar-refractivity contribution < 1.29 is 14.3 Å². The van der Waals surface area contributed by atoms with E-state index in [1.807, 2.05) is 66.7 Å². The van der Waals surface area contributed by atoms with Crippen LogP contribution < -0.4 is 4.74 Å². The largest absolute Gasteiger partial charge is 0.494 e. The molecule has 4 rings (SSSR count). The highest BCUT2D eigenvalue weighted by molar-refractivity contribution is 6.13. The average Bonchev–Trinajstić information content (AvgIpc) is 3.08. The van der Waals surface area contributed by atoms with Gasteiger partial charge in [-0.1, -0.05) is 55.8 Å². The number of hydrogen-bond donors (Lipinski definition) is 0. The molecule has 0 fully saturated rings. The van der Waals surface area contributed by atoms with Crippen molar-refractivity contribution >= 4 is 28.7 Å². The Balaban J connectivity index is 1.59. The predicted octanol–water partition coefficient (Wildman–Crippen LogP) is 5.36. The number of carbonyl (C=O) groups excluding carboxylic acids is 1. The Kier molecular flexibility index (Phi) is 5.20. The Morgan fingerprint density at radius 3 is 2.71 bits per heavy atom. The first-order valence-corrected chi connectivity index (χ1v) is 9.47. The van der Waals surface area contributed by atoms with E-state index in [9.17, 15) is 4.79 Å². The smallest absolute Gasteiger partial charge is 0.363 e. The molecule has 0 saturated carbocycles. The van der Waals surface area contributed by atoms with Crippen molar-refractivity contribution in [3.63, 3.8) is 0 Å². The lowest BCUT2D eigenvalue weighted by Crippen LogP contribution is -2.05. The van der Waals surface area contributed by atoms with Crippen LogP contribution in [0.25, 0.3) is 16.8 Å². The molecule has 0 aliphatic carbocycles. The number of rotatable bonds is 6. The molecule has 0 aromatic heterocycles. The van der Waals surface area contributed by atoms with Crippen LogP contribution in [-0.4, -0.2) is 18.5 Å². The number of cyclic esters (lactones) is 1. The van der Waals surface area contributed by atoms with Crippen molar-refractivity contribution in [1.29, 1.82) is 0 Å². The predicted molar refractivity (Wildman–Crippen MR) is 111 cm³/mol. The summed E-state index contributed by atoms with van der Waals surface area (Å²) in [6.07, 6.45) is 3.82. The summed E-state index contributed by atoms with van der Waals surface area (Å²) in [7, 11) is 0. The number of fused-ring (bicyclic) bond motifs is 1. The number of carbonyl (C=O) groups is 1. The van der Waals surface area contributed by atoms with Crippen LogP contribution in [0.5, 0.6) is 5.75 Å². The van der Waals surface area contributed by atoms with Crippen LogP contribution >= 0.6 is 0 Å². The Labute approximate surface area is 164 Å². The molecule has 0 spiro atoms. The number of unbranched alkanes of at least 4 members (excludes halogenated alkanes) is 1. The van der Waals surface area contributed by atoms with E-state index in [0.29, 0.717) is 12.5 Å². The third-order valence-corrected chi connectivity index (χ3v) is 4.55. The molecule has 0 amide bonds. The molecule has 1 heterocycles. The SMILES string of the molecule is CCCCOc1cccc(/C=C2\N=C(c3ccc4ccccc4c3)OC2=O)c1. The van der Waals surface area contributed by atoms with Crippen molar-refractivity contribution in [3.8, 4) is 5.75 Å². The number of nitrogens with zero attached hydrogens (tertiary/aromatic N) is 1. The maximum atomic E-state index is 12.3. The van der Waals surface area contributed by atoms with Gasteiger partial charge in [0.25, 0.3) is 0 Å². The Hall–Kier alpha value is -3.40. The van der Waals surface area contributed by atoms with Gasteiger partial charge in [-0.3, -0.25) is 0 Å². The fraction of sp³-hybridized carbons (Fsp3) is 0.167. The van der Waals surface area contributed by atoms with E-state index in [-0.39, 0.29) is 5.70 Å². The summed E-state index contributed by atoms with van der Waals surface area (Å²) in [5.41, 5.74) is 1.92. The summed E-state index contributed by atoms with van der Waals surface area (Å²) >= 11 is 0. The first-order valence-electron chi connectivity index (χ1n) is 9.47. The highest BCUT2D eigenvalue weighted by Crippen LogP contribution is 2.23. The standard InChI is InChI=1S/C24H21NO3/c1-2-3-13-27-21-10-6-7-17(14-21)15-22-24(26)28-23(25-22)20-12-11-18-8-4-5-9-19(18)16-20/h4-12,14-16H,2-3,13H2,1H3/b22-15-. The van der Waals surface area contributed by atoms with E-state index in [0.717, 1.165) is 40.5 Å². The van der Waals surface area contributed by atoms with Crippen molar-refractivity contribution in [1.82, 2.24) is 0 Å². The minimum absolute atomic E-state index is 0.286. The van der Waals surface area contributed by atoms with Crippen molar-refractivity contribution in [2.45, 2.75) is 19.8 Å². The lowest BCUT2D eigenvalue weighted by Gasteiger charge is -2.05. The molecular formula is C24H21NO3. The molecule has 3 aromatic carbocycles. The second kappa shape index (κ2) is 8.09. The number of benzene rings is 3. The first-order chi connectivity index (χ1) is 13.7. The van der Waals surface area contributed by atoms with Crippen LogP contribution in [0.3, 0.4) is 0 Å². The molecule has 4 nitrogen and oxygen atoms in total. The molecule has 3 aromatic rings. The van der Waals surface area contributed by atoms with Gasteiger partial charge in [0.05, 0.1) is 6.61 Å². The van der Waals surface area contributed by atoms with E-state index in [4.69, 9.17) is 9.47 Å². The van der Waals surface area contributed by atoms with Gasteiger partial charge in [-0.05, 0) is 53.1 Å². The monoisotopic (exact) mass is 371 g/mol. The zero-order valence-corrected chi connectivity index (χ0v) is 15.7. The van der Waals surface area contributed by atoms with Gasteiger partial charge >= 0.3 is 5.97 Å². The first kappa shape index (κ1) is 18.0.